The predicted octanol–water partition coefficient (Wildman–Crippen LogP) is 3.93. The Labute approximate surface area is 201 Å². The molecule has 8 heteroatoms. The van der Waals surface area contributed by atoms with Crippen molar-refractivity contribution in [1.29, 1.82) is 0 Å². The molecule has 0 atom stereocenters. The van der Waals surface area contributed by atoms with Crippen molar-refractivity contribution in [1.82, 2.24) is 20.2 Å². The van der Waals surface area contributed by atoms with Gasteiger partial charge in [-0.25, -0.2) is 4.98 Å². The van der Waals surface area contributed by atoms with E-state index in [9.17, 15) is 14.4 Å². The number of para-hydroxylation sites is 1. The fourth-order valence-corrected chi connectivity index (χ4v) is 3.70. The summed E-state index contributed by atoms with van der Waals surface area (Å²) in [5.41, 5.74) is 1.74. The van der Waals surface area contributed by atoms with Gasteiger partial charge in [0.05, 0.1) is 17.4 Å². The molecule has 0 unspecified atom stereocenters. The molecule has 2 N–H and O–H groups in total. The Morgan fingerprint density at radius 3 is 2.38 bits per heavy atom. The number of carbonyl (C=O) groups is 2. The maximum Gasteiger partial charge on any atom is 0.258 e. The van der Waals surface area contributed by atoms with Gasteiger partial charge in [0, 0.05) is 30.1 Å². The molecule has 0 spiro atoms. The average Bonchev–Trinajstić information content (AvgIpc) is 2.84. The van der Waals surface area contributed by atoms with Crippen LogP contribution in [0.1, 0.15) is 28.2 Å². The fraction of sp³-hybridized carbons (Fsp3) is 0.154. The number of amides is 2. The van der Waals surface area contributed by atoms with E-state index in [4.69, 9.17) is 11.6 Å². The van der Waals surface area contributed by atoms with Gasteiger partial charge in [-0.3, -0.25) is 14.4 Å². The maximum atomic E-state index is 13.1. The first-order valence-corrected chi connectivity index (χ1v) is 11.2. The first-order valence-electron chi connectivity index (χ1n) is 10.8. The molecule has 172 valence electrons. The number of H-pyrrole nitrogens is 1. The number of rotatable bonds is 8. The van der Waals surface area contributed by atoms with Crippen LogP contribution in [0.25, 0.3) is 10.9 Å². The molecule has 0 radical (unpaired) electrons. The van der Waals surface area contributed by atoms with Crippen molar-refractivity contribution in [2.45, 2.75) is 19.5 Å². The highest BCUT2D eigenvalue weighted by Crippen LogP contribution is 2.12. The monoisotopic (exact) mass is 474 g/mol. The third-order valence-electron chi connectivity index (χ3n) is 5.30. The number of fused-ring (bicyclic) bond motifs is 1. The lowest BCUT2D eigenvalue weighted by Gasteiger charge is -2.23. The number of benzene rings is 3. The van der Waals surface area contributed by atoms with Crippen LogP contribution in [0.5, 0.6) is 0 Å². The maximum absolute atomic E-state index is 13.1. The largest absolute Gasteiger partial charge is 0.352 e. The van der Waals surface area contributed by atoms with Crippen molar-refractivity contribution in [3.05, 3.63) is 111 Å². The molecule has 4 rings (SSSR count). The summed E-state index contributed by atoms with van der Waals surface area (Å²) in [4.78, 5) is 46.8. The summed E-state index contributed by atoms with van der Waals surface area (Å²) in [6.07, 6.45) is 0.101. The van der Waals surface area contributed by atoms with Crippen LogP contribution in [0.2, 0.25) is 5.02 Å². The quantitative estimate of drug-likeness (QED) is 0.404. The molecule has 3 aromatic carbocycles. The van der Waals surface area contributed by atoms with Crippen molar-refractivity contribution in [2.75, 3.05) is 6.54 Å². The van der Waals surface area contributed by atoms with E-state index in [1.165, 1.54) is 0 Å². The van der Waals surface area contributed by atoms with Crippen LogP contribution in [0.4, 0.5) is 0 Å². The summed E-state index contributed by atoms with van der Waals surface area (Å²) >= 11 is 5.86. The van der Waals surface area contributed by atoms with Crippen molar-refractivity contribution in [3.8, 4) is 0 Å². The summed E-state index contributed by atoms with van der Waals surface area (Å²) in [5.74, 6) is -0.0474. The summed E-state index contributed by atoms with van der Waals surface area (Å²) in [5, 5.41) is 3.80. The van der Waals surface area contributed by atoms with Crippen molar-refractivity contribution in [3.63, 3.8) is 0 Å². The van der Waals surface area contributed by atoms with E-state index in [2.05, 4.69) is 15.3 Å². The molecule has 34 heavy (non-hydrogen) atoms. The van der Waals surface area contributed by atoms with Crippen LogP contribution >= 0.6 is 11.6 Å². The van der Waals surface area contributed by atoms with E-state index >= 15 is 0 Å². The Hall–Kier alpha value is -3.97. The molecule has 2 amide bonds. The van der Waals surface area contributed by atoms with E-state index in [1.54, 1.807) is 47.4 Å². The van der Waals surface area contributed by atoms with Crippen molar-refractivity contribution in [2.24, 2.45) is 0 Å². The van der Waals surface area contributed by atoms with Gasteiger partial charge in [-0.1, -0.05) is 54.1 Å². The second-order valence-electron chi connectivity index (χ2n) is 7.78. The molecule has 0 saturated carbocycles. The smallest absolute Gasteiger partial charge is 0.258 e. The van der Waals surface area contributed by atoms with Crippen LogP contribution in [-0.4, -0.2) is 33.2 Å². The highest BCUT2D eigenvalue weighted by molar-refractivity contribution is 6.30. The standard InChI is InChI=1S/C26H23ClN4O3/c27-20-12-10-19(11-13-20)25(33)28-15-14-24(32)31(16-18-6-2-1-3-7-18)17-23-29-22-9-5-4-8-21(22)26(34)30-23/h1-13H,14-17H2,(H,28,33)(H,29,30,34). The van der Waals surface area contributed by atoms with Gasteiger partial charge < -0.3 is 15.2 Å². The number of carbonyl (C=O) groups excluding carboxylic acids is 2. The first-order chi connectivity index (χ1) is 16.5. The SMILES string of the molecule is O=C(NCCC(=O)N(Cc1ccccc1)Cc1nc2ccccc2c(=O)[nH]1)c1ccc(Cl)cc1. The van der Waals surface area contributed by atoms with Gasteiger partial charge in [-0.05, 0) is 42.0 Å². The number of aromatic amines is 1. The summed E-state index contributed by atoms with van der Waals surface area (Å²) in [6, 6.07) is 23.2. The highest BCUT2D eigenvalue weighted by Gasteiger charge is 2.17. The van der Waals surface area contributed by atoms with E-state index in [0.29, 0.717) is 33.9 Å². The molecule has 0 fully saturated rings. The minimum atomic E-state index is -0.278. The molecule has 7 nitrogen and oxygen atoms in total. The Morgan fingerprint density at radius 2 is 1.62 bits per heavy atom. The number of aromatic nitrogens is 2. The molecule has 1 heterocycles. The Morgan fingerprint density at radius 1 is 0.912 bits per heavy atom. The number of nitrogens with zero attached hydrogens (tertiary/aromatic N) is 2. The zero-order chi connectivity index (χ0) is 23.9. The van der Waals surface area contributed by atoms with Crippen molar-refractivity contribution < 1.29 is 9.59 Å². The van der Waals surface area contributed by atoms with Gasteiger partial charge in [-0.15, -0.1) is 0 Å². The van der Waals surface area contributed by atoms with E-state index in [1.807, 2.05) is 36.4 Å². The number of halogens is 1. The lowest BCUT2D eigenvalue weighted by molar-refractivity contribution is -0.132. The molecular weight excluding hydrogens is 452 g/mol. The number of nitrogens with one attached hydrogen (secondary N) is 2. The Bertz CT molecular complexity index is 1350. The molecule has 0 aliphatic rings. The van der Waals surface area contributed by atoms with E-state index in [0.717, 1.165) is 5.56 Å². The van der Waals surface area contributed by atoms with Gasteiger partial charge in [0.25, 0.3) is 11.5 Å². The lowest BCUT2D eigenvalue weighted by Crippen LogP contribution is -2.35. The second-order valence-corrected chi connectivity index (χ2v) is 8.21. The number of hydrogen-bond acceptors (Lipinski definition) is 4. The van der Waals surface area contributed by atoms with Crippen LogP contribution < -0.4 is 10.9 Å². The molecule has 0 aliphatic carbocycles. The average molecular weight is 475 g/mol. The van der Waals surface area contributed by atoms with Gasteiger partial charge in [0.2, 0.25) is 5.91 Å². The zero-order valence-corrected chi connectivity index (χ0v) is 19.1. The molecule has 4 aromatic rings. The van der Waals surface area contributed by atoms with Crippen LogP contribution in [-0.2, 0) is 17.9 Å². The van der Waals surface area contributed by atoms with Gasteiger partial charge in [-0.2, -0.15) is 0 Å². The minimum Gasteiger partial charge on any atom is -0.352 e. The van der Waals surface area contributed by atoms with Crippen LogP contribution in [0.3, 0.4) is 0 Å². The van der Waals surface area contributed by atoms with E-state index in [-0.39, 0.29) is 36.9 Å². The minimum absolute atomic E-state index is 0.101. The Balaban J connectivity index is 1.46. The third kappa shape index (κ3) is 5.88. The normalized spacial score (nSPS) is 10.7. The molecule has 0 aliphatic heterocycles. The Kier molecular flexibility index (Phi) is 7.34. The molecule has 0 saturated heterocycles. The second kappa shape index (κ2) is 10.8. The predicted molar refractivity (Wildman–Crippen MR) is 131 cm³/mol. The van der Waals surface area contributed by atoms with Crippen LogP contribution in [0.15, 0.2) is 83.7 Å². The lowest BCUT2D eigenvalue weighted by atomic mass is 10.2. The molecule has 1 aromatic heterocycles. The first kappa shape index (κ1) is 23.2. The molecule has 0 bridgehead atoms. The zero-order valence-electron chi connectivity index (χ0n) is 18.3. The fourth-order valence-electron chi connectivity index (χ4n) is 3.57. The van der Waals surface area contributed by atoms with Gasteiger partial charge in [0.15, 0.2) is 0 Å². The van der Waals surface area contributed by atoms with Gasteiger partial charge >= 0.3 is 0 Å². The summed E-state index contributed by atoms with van der Waals surface area (Å²) < 4.78 is 0. The van der Waals surface area contributed by atoms with Crippen molar-refractivity contribution >= 4 is 34.3 Å². The topological polar surface area (TPSA) is 95.2 Å². The third-order valence-corrected chi connectivity index (χ3v) is 5.55. The van der Waals surface area contributed by atoms with Gasteiger partial charge in [0.1, 0.15) is 5.82 Å². The highest BCUT2D eigenvalue weighted by atomic mass is 35.5. The van der Waals surface area contributed by atoms with Crippen LogP contribution in [0, 0.1) is 0 Å². The van der Waals surface area contributed by atoms with E-state index < -0.39 is 0 Å². The molecular formula is C26H23ClN4O3. The summed E-state index contributed by atoms with van der Waals surface area (Å²) in [6.45, 7) is 0.660. The summed E-state index contributed by atoms with van der Waals surface area (Å²) in [7, 11) is 0. The number of hydrogen-bond donors (Lipinski definition) is 2.